The van der Waals surface area contributed by atoms with E-state index in [4.69, 9.17) is 10.3 Å². The zero-order valence-corrected chi connectivity index (χ0v) is 15.7. The number of rotatable bonds is 9. The van der Waals surface area contributed by atoms with E-state index in [-0.39, 0.29) is 12.1 Å². The summed E-state index contributed by atoms with van der Waals surface area (Å²) in [4.78, 5) is 37.1. The number of methoxy groups -OCH3 is 2. The number of Topliss-reactive ketones (excluding diaryl/α,β-unsaturated/α-hetero) is 1. The Morgan fingerprint density at radius 3 is 2.24 bits per heavy atom. The number of non-ortho nitro benzene ring substituents is 1. The molecule has 10 heteroatoms. The number of nitro groups is 1. The molecule has 0 aliphatic carbocycles. The highest BCUT2D eigenvalue weighted by atomic mass is 16.6. The van der Waals surface area contributed by atoms with Crippen LogP contribution in [0.2, 0.25) is 0 Å². The van der Waals surface area contributed by atoms with Crippen LogP contribution in [0.15, 0.2) is 48.5 Å². The van der Waals surface area contributed by atoms with Crippen LogP contribution < -0.4 is 10.1 Å². The van der Waals surface area contributed by atoms with Gasteiger partial charge in [-0.1, -0.05) is 12.1 Å². The molecule has 0 saturated heterocycles. The molecule has 0 saturated carbocycles. The van der Waals surface area contributed by atoms with Gasteiger partial charge in [0.1, 0.15) is 5.75 Å². The second-order valence-corrected chi connectivity index (χ2v) is 5.84. The number of esters is 1. The van der Waals surface area contributed by atoms with Gasteiger partial charge in [0, 0.05) is 24.2 Å². The first-order valence-electron chi connectivity index (χ1n) is 8.38. The fraction of sp³-hybridized carbons (Fsp3) is 0.211. The lowest BCUT2D eigenvalue weighted by Gasteiger charge is -2.19. The Morgan fingerprint density at radius 2 is 1.76 bits per heavy atom. The molecule has 2 rings (SSSR count). The van der Waals surface area contributed by atoms with Crippen LogP contribution in [0.4, 0.5) is 11.4 Å². The van der Waals surface area contributed by atoms with E-state index in [0.29, 0.717) is 17.0 Å². The standard InChI is InChI=1S/C19H18N4O6/c1-28-15-9-3-12(4-10-15)16(11-17(24)18(22-20)19(25)29-2)21-13-5-7-14(8-6-13)23(26)27/h3-10,16,21H,11H2,1-2H3. The molecule has 1 atom stereocenters. The van der Waals surface area contributed by atoms with E-state index in [1.165, 1.54) is 31.4 Å². The van der Waals surface area contributed by atoms with Crippen LogP contribution in [-0.2, 0) is 14.3 Å². The molecule has 1 unspecified atom stereocenters. The topological polar surface area (TPSA) is 144 Å². The highest BCUT2D eigenvalue weighted by Gasteiger charge is 2.32. The quantitative estimate of drug-likeness (QED) is 0.130. The molecule has 1 N–H and O–H groups in total. The van der Waals surface area contributed by atoms with E-state index >= 15 is 0 Å². The van der Waals surface area contributed by atoms with Gasteiger partial charge in [-0.25, -0.2) is 4.79 Å². The second-order valence-electron chi connectivity index (χ2n) is 5.84. The predicted molar refractivity (Wildman–Crippen MR) is 103 cm³/mol. The van der Waals surface area contributed by atoms with Gasteiger partial charge in [0.15, 0.2) is 0 Å². The lowest BCUT2D eigenvalue weighted by Crippen LogP contribution is -2.29. The van der Waals surface area contributed by atoms with E-state index < -0.39 is 28.4 Å². The first-order chi connectivity index (χ1) is 13.9. The van der Waals surface area contributed by atoms with Crippen molar-refractivity contribution in [3.8, 4) is 5.75 Å². The van der Waals surface area contributed by atoms with Gasteiger partial charge in [-0.15, -0.1) is 0 Å². The van der Waals surface area contributed by atoms with E-state index in [2.05, 4.69) is 14.8 Å². The summed E-state index contributed by atoms with van der Waals surface area (Å²) < 4.78 is 9.57. The zero-order valence-electron chi connectivity index (χ0n) is 15.7. The fourth-order valence-corrected chi connectivity index (χ4v) is 2.56. The average molecular weight is 398 g/mol. The van der Waals surface area contributed by atoms with E-state index in [9.17, 15) is 19.7 Å². The molecule has 150 valence electrons. The van der Waals surface area contributed by atoms with Crippen molar-refractivity contribution < 1.29 is 28.8 Å². The van der Waals surface area contributed by atoms with Crippen LogP contribution in [0.3, 0.4) is 0 Å². The Morgan fingerprint density at radius 1 is 1.14 bits per heavy atom. The number of carbonyl (C=O) groups excluding carboxylic acids is 2. The molecule has 10 nitrogen and oxygen atoms in total. The van der Waals surface area contributed by atoms with Crippen molar-refractivity contribution in [1.82, 2.24) is 0 Å². The van der Waals surface area contributed by atoms with Gasteiger partial charge < -0.3 is 20.3 Å². The Labute approximate surface area is 165 Å². The molecule has 0 heterocycles. The summed E-state index contributed by atoms with van der Waals surface area (Å²) in [6, 6.07) is 11.9. The maximum Gasteiger partial charge on any atom is 0.441 e. The minimum atomic E-state index is -1.05. The SMILES string of the molecule is COC(=O)C(=[N+]=[N-])C(=O)CC(Nc1ccc([N+](=O)[O-])cc1)c1ccc(OC)cc1. The van der Waals surface area contributed by atoms with Gasteiger partial charge in [0.05, 0.1) is 25.2 Å². The number of nitro benzene ring substituents is 1. The summed E-state index contributed by atoms with van der Waals surface area (Å²) >= 11 is 0. The van der Waals surface area contributed by atoms with E-state index in [0.717, 1.165) is 7.11 Å². The van der Waals surface area contributed by atoms with Crippen LogP contribution in [0.5, 0.6) is 5.75 Å². The number of ketones is 1. The third-order valence-corrected chi connectivity index (χ3v) is 4.07. The number of anilines is 1. The maximum absolute atomic E-state index is 12.5. The summed E-state index contributed by atoms with van der Waals surface area (Å²) in [5, 5.41) is 13.9. The fourth-order valence-electron chi connectivity index (χ4n) is 2.56. The monoisotopic (exact) mass is 398 g/mol. The highest BCUT2D eigenvalue weighted by Crippen LogP contribution is 2.26. The van der Waals surface area contributed by atoms with Crippen molar-refractivity contribution >= 4 is 28.8 Å². The van der Waals surface area contributed by atoms with Gasteiger partial charge >= 0.3 is 11.7 Å². The Bertz CT molecular complexity index is 950. The molecule has 0 aromatic heterocycles. The minimum Gasteiger partial charge on any atom is -0.497 e. The average Bonchev–Trinajstić information content (AvgIpc) is 2.74. The van der Waals surface area contributed by atoms with Gasteiger partial charge in [0.2, 0.25) is 0 Å². The number of benzene rings is 2. The van der Waals surface area contributed by atoms with Crippen LogP contribution in [0.25, 0.3) is 5.53 Å². The molecule has 0 fully saturated rings. The number of hydrogen-bond donors (Lipinski definition) is 1. The Kier molecular flexibility index (Phi) is 7.16. The third kappa shape index (κ3) is 5.47. The molecule has 2 aromatic carbocycles. The van der Waals surface area contributed by atoms with Crippen molar-refractivity contribution in [2.24, 2.45) is 0 Å². The number of ether oxygens (including phenoxy) is 2. The lowest BCUT2D eigenvalue weighted by atomic mass is 9.98. The molecular formula is C19H18N4O6. The van der Waals surface area contributed by atoms with Gasteiger partial charge in [-0.3, -0.25) is 14.9 Å². The number of nitrogens with one attached hydrogen (secondary N) is 1. The van der Waals surface area contributed by atoms with E-state index in [1.807, 2.05) is 0 Å². The molecule has 0 bridgehead atoms. The van der Waals surface area contributed by atoms with Crippen LogP contribution in [0, 0.1) is 10.1 Å². The largest absolute Gasteiger partial charge is 0.497 e. The van der Waals surface area contributed by atoms with Crippen molar-refractivity contribution in [2.75, 3.05) is 19.5 Å². The molecule has 0 aliphatic rings. The minimum absolute atomic E-state index is 0.0759. The Hall–Kier alpha value is -4.04. The summed E-state index contributed by atoms with van der Waals surface area (Å²) in [5.74, 6) is -1.18. The molecular weight excluding hydrogens is 380 g/mol. The third-order valence-electron chi connectivity index (χ3n) is 4.07. The van der Waals surface area contributed by atoms with Crippen molar-refractivity contribution in [1.29, 1.82) is 0 Å². The molecule has 0 radical (unpaired) electrons. The highest BCUT2D eigenvalue weighted by molar-refractivity contribution is 6.62. The predicted octanol–water partition coefficient (Wildman–Crippen LogP) is 2.56. The van der Waals surface area contributed by atoms with Crippen molar-refractivity contribution in [3.63, 3.8) is 0 Å². The maximum atomic E-state index is 12.5. The molecule has 2 aromatic rings. The zero-order chi connectivity index (χ0) is 21.4. The summed E-state index contributed by atoms with van der Waals surface area (Å²) in [6.45, 7) is 0. The molecule has 0 aliphatic heterocycles. The normalized spacial score (nSPS) is 11.0. The van der Waals surface area contributed by atoms with Crippen molar-refractivity contribution in [3.05, 3.63) is 69.7 Å². The first-order valence-corrected chi connectivity index (χ1v) is 8.38. The number of nitrogens with zero attached hydrogens (tertiary/aromatic N) is 3. The molecule has 29 heavy (non-hydrogen) atoms. The summed E-state index contributed by atoms with van der Waals surface area (Å²) in [6.07, 6.45) is -0.238. The van der Waals surface area contributed by atoms with Crippen LogP contribution >= 0.6 is 0 Å². The van der Waals surface area contributed by atoms with E-state index in [1.54, 1.807) is 24.3 Å². The lowest BCUT2D eigenvalue weighted by molar-refractivity contribution is -0.384. The number of hydrogen-bond acceptors (Lipinski definition) is 7. The number of carbonyl (C=O) groups is 2. The van der Waals surface area contributed by atoms with Gasteiger partial charge in [0.25, 0.3) is 11.5 Å². The van der Waals surface area contributed by atoms with Gasteiger partial charge in [-0.05, 0) is 29.8 Å². The van der Waals surface area contributed by atoms with Crippen LogP contribution in [0.1, 0.15) is 18.0 Å². The van der Waals surface area contributed by atoms with Crippen LogP contribution in [-0.4, -0.2) is 41.4 Å². The molecule has 0 amide bonds. The smallest absolute Gasteiger partial charge is 0.441 e. The van der Waals surface area contributed by atoms with Crippen molar-refractivity contribution in [2.45, 2.75) is 12.5 Å². The first kappa shape index (κ1) is 21.3. The molecule has 0 spiro atoms. The summed E-state index contributed by atoms with van der Waals surface area (Å²) in [5.41, 5.74) is 9.38. The second kappa shape index (κ2) is 9.77. The van der Waals surface area contributed by atoms with Gasteiger partial charge in [-0.2, -0.15) is 4.79 Å². The Balaban J connectivity index is 2.31. The summed E-state index contributed by atoms with van der Waals surface area (Å²) in [7, 11) is 2.59.